The van der Waals surface area contributed by atoms with Gasteiger partial charge in [-0.05, 0) is 82.0 Å². The van der Waals surface area contributed by atoms with Crippen LogP contribution in [-0.4, -0.2) is 61.3 Å². The quantitative estimate of drug-likeness (QED) is 0.113. The molecule has 1 aliphatic rings. The Bertz CT molecular complexity index is 1710. The van der Waals surface area contributed by atoms with Crippen molar-refractivity contribution >= 4 is 22.1 Å². The molecule has 48 heavy (non-hydrogen) atoms. The van der Waals surface area contributed by atoms with Crippen molar-refractivity contribution in [3.8, 4) is 16.9 Å². The van der Waals surface area contributed by atoms with Gasteiger partial charge in [0.2, 0.25) is 0 Å². The lowest BCUT2D eigenvalue weighted by Gasteiger charge is -2.28. The molecular formula is C31H37F3N6O7S. The summed E-state index contributed by atoms with van der Waals surface area (Å²) in [6.07, 6.45) is -5.64. The Morgan fingerprint density at radius 3 is 2.25 bits per heavy atom. The number of aryl methyl sites for hydroxylation is 1. The maximum atomic E-state index is 13.5. The van der Waals surface area contributed by atoms with Gasteiger partial charge in [0.1, 0.15) is 0 Å². The Morgan fingerprint density at radius 1 is 1.04 bits per heavy atom. The molecule has 2 heterocycles. The second-order valence-electron chi connectivity index (χ2n) is 12.3. The summed E-state index contributed by atoms with van der Waals surface area (Å²) < 4.78 is 79.4. The second kappa shape index (κ2) is 14.6. The molecule has 3 aromatic rings. The normalized spacial score (nSPS) is 15.3. The molecule has 0 spiro atoms. The van der Waals surface area contributed by atoms with E-state index in [1.165, 1.54) is 19.1 Å². The van der Waals surface area contributed by atoms with Gasteiger partial charge < -0.3 is 14.3 Å². The highest BCUT2D eigenvalue weighted by atomic mass is 32.2. The minimum atomic E-state index is -4.70. The van der Waals surface area contributed by atoms with E-state index in [0.29, 0.717) is 31.5 Å². The van der Waals surface area contributed by atoms with E-state index >= 15 is 0 Å². The number of alkyl halides is 3. The molecule has 2 aromatic carbocycles. The maximum Gasteiger partial charge on any atom is 0.435 e. The van der Waals surface area contributed by atoms with Crippen LogP contribution in [0.2, 0.25) is 0 Å². The number of piperidine rings is 1. The Hall–Kier alpha value is -4.67. The summed E-state index contributed by atoms with van der Waals surface area (Å²) in [5, 5.41) is 12.9. The average Bonchev–Trinajstić information content (AvgIpc) is 3.47. The number of nitrogens with zero attached hydrogens (tertiary/aromatic N) is 5. The Balaban J connectivity index is 1.29. The van der Waals surface area contributed by atoms with Crippen LogP contribution in [0.15, 0.2) is 70.0 Å². The fourth-order valence-corrected chi connectivity index (χ4v) is 5.36. The molecule has 0 bridgehead atoms. The van der Waals surface area contributed by atoms with Crippen molar-refractivity contribution in [2.45, 2.75) is 64.8 Å². The van der Waals surface area contributed by atoms with E-state index < -0.39 is 45.7 Å². The van der Waals surface area contributed by atoms with Crippen molar-refractivity contribution in [1.82, 2.24) is 19.5 Å². The smallest absolute Gasteiger partial charge is 0.435 e. The number of amides is 1. The van der Waals surface area contributed by atoms with E-state index in [1.807, 2.05) is 11.6 Å². The molecule has 4 rings (SSSR count). The first kappa shape index (κ1) is 36.2. The molecule has 1 amide bonds. The third-order valence-electron chi connectivity index (χ3n) is 7.24. The largest absolute Gasteiger partial charge is 0.449 e. The number of sulfonamides is 1. The van der Waals surface area contributed by atoms with Crippen LogP contribution >= 0.6 is 0 Å². The van der Waals surface area contributed by atoms with Gasteiger partial charge in [0.05, 0.1) is 28.3 Å². The van der Waals surface area contributed by atoms with Crippen molar-refractivity contribution in [2.75, 3.05) is 19.7 Å². The molecule has 17 heteroatoms. The molecule has 13 nitrogen and oxygen atoms in total. The topological polar surface area (TPSA) is 154 Å². The minimum Gasteiger partial charge on any atom is -0.449 e. The number of esters is 1. The highest BCUT2D eigenvalue weighted by Crippen LogP contribution is 2.33. The summed E-state index contributed by atoms with van der Waals surface area (Å²) in [4.78, 5) is 29.0. The molecule has 1 N–H and O–H groups in total. The fraction of sp³-hybridized carbons (Fsp3) is 0.452. The third-order valence-corrected chi connectivity index (χ3v) is 8.57. The molecule has 0 aliphatic carbocycles. The van der Waals surface area contributed by atoms with Crippen molar-refractivity contribution in [2.24, 2.45) is 21.8 Å². The van der Waals surface area contributed by atoms with E-state index in [2.05, 4.69) is 15.6 Å². The lowest BCUT2D eigenvalue weighted by Crippen LogP contribution is -2.35. The molecule has 1 unspecified atom stereocenters. The number of rotatable bonds is 10. The van der Waals surface area contributed by atoms with E-state index in [4.69, 9.17) is 14.3 Å². The van der Waals surface area contributed by atoms with Gasteiger partial charge in [-0.1, -0.05) is 29.8 Å². The molecule has 1 aromatic heterocycles. The average molecular weight is 695 g/mol. The molecule has 0 saturated carbocycles. The van der Waals surface area contributed by atoms with E-state index in [-0.39, 0.29) is 28.8 Å². The number of ether oxygens (including phenoxy) is 2. The number of nitrogens with one attached hydrogen (secondary N) is 1. The zero-order chi connectivity index (χ0) is 35.3. The SMILES string of the molecule is Cc1ccc(-c2cc(C(F)(F)F)nn2-c2ccc(S(=O)(=O)NC(=O)OCC3CCN(/N=N\OC(C)OC(=O)C(C)(C)C)CC3)cc2)cc1. The van der Waals surface area contributed by atoms with Crippen molar-refractivity contribution < 1.29 is 45.5 Å². The third kappa shape index (κ3) is 9.68. The van der Waals surface area contributed by atoms with Gasteiger partial charge in [0.15, 0.2) is 5.69 Å². The van der Waals surface area contributed by atoms with Crippen LogP contribution in [0.3, 0.4) is 0 Å². The predicted molar refractivity (Wildman–Crippen MR) is 166 cm³/mol. The fourth-order valence-electron chi connectivity index (χ4n) is 4.47. The van der Waals surface area contributed by atoms with Gasteiger partial charge in [-0.2, -0.15) is 18.3 Å². The minimum absolute atomic E-state index is 0.0375. The first-order chi connectivity index (χ1) is 22.4. The van der Waals surface area contributed by atoms with Crippen LogP contribution in [0.5, 0.6) is 0 Å². The van der Waals surface area contributed by atoms with Crippen LogP contribution in [0, 0.1) is 18.3 Å². The van der Waals surface area contributed by atoms with Gasteiger partial charge in [0.25, 0.3) is 16.3 Å². The number of aromatic nitrogens is 2. The van der Waals surface area contributed by atoms with Gasteiger partial charge >= 0.3 is 18.2 Å². The first-order valence-electron chi connectivity index (χ1n) is 15.0. The van der Waals surface area contributed by atoms with Crippen LogP contribution in [-0.2, 0) is 35.3 Å². The summed E-state index contributed by atoms with van der Waals surface area (Å²) in [5.74, 6) is -0.500. The van der Waals surface area contributed by atoms with Gasteiger partial charge in [0, 0.05) is 30.9 Å². The summed E-state index contributed by atoms with van der Waals surface area (Å²) in [6.45, 7) is 9.41. The summed E-state index contributed by atoms with van der Waals surface area (Å²) in [5.41, 5.74) is -0.0395. The van der Waals surface area contributed by atoms with Crippen molar-refractivity contribution in [3.63, 3.8) is 0 Å². The predicted octanol–water partition coefficient (Wildman–Crippen LogP) is 6.23. The summed E-state index contributed by atoms with van der Waals surface area (Å²) in [6, 6.07) is 12.7. The van der Waals surface area contributed by atoms with Crippen molar-refractivity contribution in [1.29, 1.82) is 0 Å². The van der Waals surface area contributed by atoms with Gasteiger partial charge in [-0.3, -0.25) is 9.80 Å². The van der Waals surface area contributed by atoms with E-state index in [0.717, 1.165) is 28.4 Å². The zero-order valence-electron chi connectivity index (χ0n) is 27.0. The highest BCUT2D eigenvalue weighted by molar-refractivity contribution is 7.90. The van der Waals surface area contributed by atoms with Gasteiger partial charge in [-0.15, -0.1) is 0 Å². The van der Waals surface area contributed by atoms with Crippen LogP contribution < -0.4 is 4.72 Å². The molecule has 1 fully saturated rings. The number of halogens is 3. The summed E-state index contributed by atoms with van der Waals surface area (Å²) in [7, 11) is -4.35. The number of hydrogen-bond donors (Lipinski definition) is 1. The molecule has 0 radical (unpaired) electrons. The number of hydrogen-bond acceptors (Lipinski definition) is 10. The van der Waals surface area contributed by atoms with Crippen LogP contribution in [0.1, 0.15) is 51.8 Å². The standard InChI is InChI=1S/C31H37F3N6O7S/c1-20-6-8-23(9-7-20)26-18-27(31(32,33)34)35-40(26)24-10-12-25(13-11-24)48(43,44)36-29(42)45-19-22-14-16-39(17-15-22)37-38-47-21(2)46-28(41)30(3,4)5/h6-13,18,21-22H,14-17,19H2,1-5H3,(H,36,42)/b38-37-. The first-order valence-corrected chi connectivity index (χ1v) is 16.5. The Labute approximate surface area is 276 Å². The Kier molecular flexibility index (Phi) is 11.0. The lowest BCUT2D eigenvalue weighted by atomic mass is 9.97. The molecular weight excluding hydrogens is 657 g/mol. The second-order valence-corrected chi connectivity index (χ2v) is 14.0. The highest BCUT2D eigenvalue weighted by Gasteiger charge is 2.35. The maximum absolute atomic E-state index is 13.5. The number of carbonyl (C=O) groups is 2. The molecule has 1 aliphatic heterocycles. The number of benzene rings is 2. The monoisotopic (exact) mass is 694 g/mol. The molecule has 1 saturated heterocycles. The molecule has 260 valence electrons. The van der Waals surface area contributed by atoms with E-state index in [9.17, 15) is 31.2 Å². The van der Waals surface area contributed by atoms with Crippen molar-refractivity contribution in [3.05, 3.63) is 65.9 Å². The summed E-state index contributed by atoms with van der Waals surface area (Å²) >= 11 is 0. The molecule has 1 atom stereocenters. The lowest BCUT2D eigenvalue weighted by molar-refractivity contribution is -0.186. The van der Waals surface area contributed by atoms with E-state index in [1.54, 1.807) is 50.0 Å². The number of carbonyl (C=O) groups excluding carboxylic acids is 2. The van der Waals surface area contributed by atoms with Gasteiger partial charge in [-0.25, -0.2) is 22.6 Å². The van der Waals surface area contributed by atoms with Crippen LogP contribution in [0.25, 0.3) is 16.9 Å². The van der Waals surface area contributed by atoms with Crippen LogP contribution in [0.4, 0.5) is 18.0 Å². The Morgan fingerprint density at radius 2 is 1.67 bits per heavy atom. The zero-order valence-corrected chi connectivity index (χ0v) is 27.8.